The van der Waals surface area contributed by atoms with Gasteiger partial charge in [0.1, 0.15) is 0 Å². The number of hydrogen-bond donors (Lipinski definition) is 2. The maximum absolute atomic E-state index is 12.7. The van der Waals surface area contributed by atoms with Crippen LogP contribution in [0, 0.1) is 6.92 Å². The Kier molecular flexibility index (Phi) is 6.73. The average molecular weight is 452 g/mol. The highest BCUT2D eigenvalue weighted by atomic mass is 32.2. The van der Waals surface area contributed by atoms with E-state index in [2.05, 4.69) is 20.8 Å². The molecule has 0 saturated carbocycles. The van der Waals surface area contributed by atoms with Gasteiger partial charge in [0.15, 0.2) is 4.34 Å². The van der Waals surface area contributed by atoms with E-state index < -0.39 is 17.6 Å². The van der Waals surface area contributed by atoms with Crippen LogP contribution in [0.3, 0.4) is 0 Å². The zero-order valence-electron chi connectivity index (χ0n) is 15.5. The third-order valence-electron chi connectivity index (χ3n) is 3.71. The Morgan fingerprint density at radius 1 is 1.07 bits per heavy atom. The fourth-order valence-electron chi connectivity index (χ4n) is 2.37. The summed E-state index contributed by atoms with van der Waals surface area (Å²) in [6.45, 7) is 1.88. The number of rotatable bonds is 6. The van der Waals surface area contributed by atoms with Gasteiger partial charge in [0.05, 0.1) is 11.3 Å². The SMILES string of the molecule is Cc1cccc(C(=O)Nc2nnc(SCC(=O)Nc3cccc(C(F)(F)F)c3)s2)c1. The molecule has 2 amide bonds. The number of benzene rings is 2. The second kappa shape index (κ2) is 9.26. The first-order valence-electron chi connectivity index (χ1n) is 8.52. The highest BCUT2D eigenvalue weighted by molar-refractivity contribution is 8.01. The first-order valence-corrected chi connectivity index (χ1v) is 10.3. The van der Waals surface area contributed by atoms with Crippen LogP contribution in [-0.2, 0) is 11.0 Å². The van der Waals surface area contributed by atoms with Gasteiger partial charge in [-0.2, -0.15) is 13.2 Å². The van der Waals surface area contributed by atoms with Crippen molar-refractivity contribution < 1.29 is 22.8 Å². The highest BCUT2D eigenvalue weighted by Gasteiger charge is 2.30. The number of thioether (sulfide) groups is 1. The Morgan fingerprint density at radius 2 is 1.83 bits per heavy atom. The number of hydrogen-bond acceptors (Lipinski definition) is 6. The molecule has 0 unspecified atom stereocenters. The van der Waals surface area contributed by atoms with Crippen LogP contribution < -0.4 is 10.6 Å². The van der Waals surface area contributed by atoms with Gasteiger partial charge in [-0.25, -0.2) is 0 Å². The van der Waals surface area contributed by atoms with Crippen LogP contribution in [0.15, 0.2) is 52.9 Å². The van der Waals surface area contributed by atoms with E-state index in [4.69, 9.17) is 0 Å². The summed E-state index contributed by atoms with van der Waals surface area (Å²) in [7, 11) is 0. The molecule has 156 valence electrons. The second-order valence-electron chi connectivity index (χ2n) is 6.11. The predicted molar refractivity (Wildman–Crippen MR) is 110 cm³/mol. The number of nitrogens with one attached hydrogen (secondary N) is 2. The highest BCUT2D eigenvalue weighted by Crippen LogP contribution is 2.31. The molecule has 6 nitrogen and oxygen atoms in total. The van der Waals surface area contributed by atoms with Gasteiger partial charge in [0, 0.05) is 11.3 Å². The monoisotopic (exact) mass is 452 g/mol. The number of nitrogens with zero attached hydrogens (tertiary/aromatic N) is 2. The average Bonchev–Trinajstić information content (AvgIpc) is 3.13. The quantitative estimate of drug-likeness (QED) is 0.413. The van der Waals surface area contributed by atoms with Crippen LogP contribution in [0.5, 0.6) is 0 Å². The van der Waals surface area contributed by atoms with Gasteiger partial charge >= 0.3 is 6.18 Å². The van der Waals surface area contributed by atoms with E-state index in [9.17, 15) is 22.8 Å². The van der Waals surface area contributed by atoms with E-state index in [1.807, 2.05) is 13.0 Å². The summed E-state index contributed by atoms with van der Waals surface area (Å²) in [5.41, 5.74) is 0.646. The summed E-state index contributed by atoms with van der Waals surface area (Å²) in [4.78, 5) is 24.2. The molecule has 11 heteroatoms. The number of amides is 2. The smallest absolute Gasteiger partial charge is 0.325 e. The van der Waals surface area contributed by atoms with Crippen LogP contribution in [0.25, 0.3) is 0 Å². The molecule has 0 bridgehead atoms. The van der Waals surface area contributed by atoms with Gasteiger partial charge in [-0.05, 0) is 37.3 Å². The Morgan fingerprint density at radius 3 is 2.57 bits per heavy atom. The molecule has 0 radical (unpaired) electrons. The molecule has 0 fully saturated rings. The molecule has 1 heterocycles. The number of aromatic nitrogens is 2. The van der Waals surface area contributed by atoms with Crippen molar-refractivity contribution in [2.45, 2.75) is 17.4 Å². The Bertz CT molecular complexity index is 1070. The molecule has 0 aliphatic heterocycles. The van der Waals surface area contributed by atoms with E-state index in [0.717, 1.165) is 40.8 Å². The van der Waals surface area contributed by atoms with Gasteiger partial charge in [0.25, 0.3) is 5.91 Å². The van der Waals surface area contributed by atoms with Gasteiger partial charge in [-0.3, -0.25) is 14.9 Å². The Balaban J connectivity index is 1.53. The lowest BCUT2D eigenvalue weighted by Crippen LogP contribution is -2.15. The van der Waals surface area contributed by atoms with E-state index in [1.165, 1.54) is 12.1 Å². The van der Waals surface area contributed by atoms with Gasteiger partial charge in [0.2, 0.25) is 11.0 Å². The molecule has 2 N–H and O–H groups in total. The second-order valence-corrected chi connectivity index (χ2v) is 8.31. The molecule has 3 rings (SSSR count). The van der Waals surface area contributed by atoms with Crippen LogP contribution in [-0.4, -0.2) is 27.8 Å². The fraction of sp³-hybridized carbons (Fsp3) is 0.158. The topological polar surface area (TPSA) is 84.0 Å². The van der Waals surface area contributed by atoms with Crippen molar-refractivity contribution >= 4 is 45.7 Å². The number of carbonyl (C=O) groups is 2. The number of halogens is 3. The largest absolute Gasteiger partial charge is 0.416 e. The summed E-state index contributed by atoms with van der Waals surface area (Å²) in [6.07, 6.45) is -4.48. The lowest BCUT2D eigenvalue weighted by atomic mass is 10.1. The van der Waals surface area contributed by atoms with Gasteiger partial charge < -0.3 is 5.32 Å². The maximum atomic E-state index is 12.7. The third kappa shape index (κ3) is 6.04. The minimum absolute atomic E-state index is 0.0544. The normalized spacial score (nSPS) is 11.2. The molecule has 30 heavy (non-hydrogen) atoms. The van der Waals surface area contributed by atoms with E-state index in [-0.39, 0.29) is 22.5 Å². The molecule has 0 atom stereocenters. The van der Waals surface area contributed by atoms with Crippen LogP contribution in [0.2, 0.25) is 0 Å². The minimum atomic E-state index is -4.48. The summed E-state index contributed by atoms with van der Waals surface area (Å²) in [5, 5.41) is 13.1. The predicted octanol–water partition coefficient (Wildman–Crippen LogP) is 4.85. The summed E-state index contributed by atoms with van der Waals surface area (Å²) < 4.78 is 38.6. The van der Waals surface area contributed by atoms with E-state index >= 15 is 0 Å². The molecule has 0 saturated heterocycles. The molecule has 0 spiro atoms. The Labute approximate surface area is 177 Å². The summed E-state index contributed by atoms with van der Waals surface area (Å²) >= 11 is 2.16. The zero-order chi connectivity index (χ0) is 21.7. The Hall–Kier alpha value is -2.92. The molecular formula is C19H15F3N4O2S2. The zero-order valence-corrected chi connectivity index (χ0v) is 17.1. The van der Waals surface area contributed by atoms with Crippen molar-refractivity contribution in [1.82, 2.24) is 10.2 Å². The molecule has 3 aromatic rings. The molecule has 2 aromatic carbocycles. The van der Waals surface area contributed by atoms with Crippen LogP contribution >= 0.6 is 23.1 Å². The number of anilines is 2. The number of aryl methyl sites for hydroxylation is 1. The molecular weight excluding hydrogens is 437 g/mol. The van der Waals surface area contributed by atoms with Crippen molar-refractivity contribution in [3.8, 4) is 0 Å². The number of alkyl halides is 3. The van der Waals surface area contributed by atoms with Crippen molar-refractivity contribution in [3.05, 3.63) is 65.2 Å². The van der Waals surface area contributed by atoms with Crippen LogP contribution in [0.4, 0.5) is 24.0 Å². The summed E-state index contributed by atoms with van der Waals surface area (Å²) in [6, 6.07) is 11.5. The molecule has 0 aliphatic rings. The lowest BCUT2D eigenvalue weighted by molar-refractivity contribution is -0.137. The standard InChI is InChI=1S/C19H15F3N4O2S2/c1-11-4-2-5-12(8-11)16(28)24-17-25-26-18(30-17)29-10-15(27)23-14-7-3-6-13(9-14)19(20,21)22/h2-9H,10H2,1H3,(H,23,27)(H,24,25,28). The summed E-state index contributed by atoms with van der Waals surface area (Å²) in [5.74, 6) is -0.884. The maximum Gasteiger partial charge on any atom is 0.416 e. The fourth-order valence-corrected chi connectivity index (χ4v) is 3.92. The van der Waals surface area contributed by atoms with Crippen molar-refractivity contribution in [3.63, 3.8) is 0 Å². The molecule has 1 aromatic heterocycles. The minimum Gasteiger partial charge on any atom is -0.325 e. The van der Waals surface area contributed by atoms with Gasteiger partial charge in [-0.1, -0.05) is 46.9 Å². The van der Waals surface area contributed by atoms with E-state index in [1.54, 1.807) is 18.2 Å². The first-order chi connectivity index (χ1) is 14.2. The van der Waals surface area contributed by atoms with Crippen molar-refractivity contribution in [2.24, 2.45) is 0 Å². The van der Waals surface area contributed by atoms with Crippen molar-refractivity contribution in [2.75, 3.05) is 16.4 Å². The van der Waals surface area contributed by atoms with Crippen molar-refractivity contribution in [1.29, 1.82) is 0 Å². The molecule has 0 aliphatic carbocycles. The number of carbonyl (C=O) groups excluding carboxylic acids is 2. The van der Waals surface area contributed by atoms with Crippen LogP contribution in [0.1, 0.15) is 21.5 Å². The van der Waals surface area contributed by atoms with Gasteiger partial charge in [-0.15, -0.1) is 10.2 Å². The van der Waals surface area contributed by atoms with E-state index in [0.29, 0.717) is 9.90 Å². The first kappa shape index (κ1) is 21.8. The lowest BCUT2D eigenvalue weighted by Gasteiger charge is -2.09. The third-order valence-corrected chi connectivity index (χ3v) is 5.68.